The van der Waals surface area contributed by atoms with Crippen LogP contribution in [0.5, 0.6) is 0 Å². The lowest BCUT2D eigenvalue weighted by molar-refractivity contribution is -0.384. The Bertz CT molecular complexity index is 1130. The van der Waals surface area contributed by atoms with E-state index in [0.717, 1.165) is 6.26 Å². The van der Waals surface area contributed by atoms with Crippen molar-refractivity contribution >= 4 is 33.0 Å². The van der Waals surface area contributed by atoms with E-state index in [1.54, 1.807) is 50.2 Å². The van der Waals surface area contributed by atoms with Gasteiger partial charge < -0.3 is 0 Å². The number of anilines is 1. The summed E-state index contributed by atoms with van der Waals surface area (Å²) in [5, 5.41) is 17.0. The number of hydrogen-bond acceptors (Lipinski definition) is 6. The second kappa shape index (κ2) is 8.23. The summed E-state index contributed by atoms with van der Waals surface area (Å²) in [6.45, 7) is 3.52. The minimum absolute atomic E-state index is 0.0581. The third-order valence-corrected chi connectivity index (χ3v) is 5.20. The van der Waals surface area contributed by atoms with Crippen molar-refractivity contribution in [3.63, 3.8) is 0 Å². The number of carbonyl (C=O) groups excluding carboxylic acids is 1. The molecule has 0 aromatic heterocycles. The number of carbonyl (C=O) groups is 1. The second-order valence-electron chi connectivity index (χ2n) is 7.41. The predicted octanol–water partition coefficient (Wildman–Crippen LogP) is 3.30. The van der Waals surface area contributed by atoms with Gasteiger partial charge in [-0.25, -0.2) is 13.4 Å². The summed E-state index contributed by atoms with van der Waals surface area (Å²) >= 11 is 0. The van der Waals surface area contributed by atoms with Crippen molar-refractivity contribution in [3.05, 3.63) is 69.8 Å². The van der Waals surface area contributed by atoms with Crippen LogP contribution in [0.4, 0.5) is 11.4 Å². The topological polar surface area (TPSA) is 122 Å². The van der Waals surface area contributed by atoms with Crippen molar-refractivity contribution in [1.82, 2.24) is 5.01 Å². The van der Waals surface area contributed by atoms with E-state index in [0.29, 0.717) is 28.9 Å². The lowest BCUT2D eigenvalue weighted by Crippen LogP contribution is -2.30. The van der Waals surface area contributed by atoms with E-state index < -0.39 is 21.0 Å². The molecular weight excluding hydrogens is 408 g/mol. The van der Waals surface area contributed by atoms with Crippen LogP contribution in [0.25, 0.3) is 0 Å². The maximum absolute atomic E-state index is 12.8. The number of nitro groups is 1. The highest BCUT2D eigenvalue weighted by Gasteiger charge is 2.34. The Labute approximate surface area is 174 Å². The first-order valence-corrected chi connectivity index (χ1v) is 11.2. The molecule has 0 saturated heterocycles. The summed E-state index contributed by atoms with van der Waals surface area (Å²) < 4.78 is 25.5. The van der Waals surface area contributed by atoms with Gasteiger partial charge in [0.15, 0.2) is 0 Å². The fourth-order valence-electron chi connectivity index (χ4n) is 3.23. The van der Waals surface area contributed by atoms with Gasteiger partial charge in [0.2, 0.25) is 15.9 Å². The number of benzene rings is 2. The number of nitrogens with one attached hydrogen (secondary N) is 1. The zero-order valence-electron chi connectivity index (χ0n) is 16.8. The molecular formula is C20H22N4O5S. The highest BCUT2D eigenvalue weighted by atomic mass is 32.2. The van der Waals surface area contributed by atoms with Crippen molar-refractivity contribution in [1.29, 1.82) is 0 Å². The summed E-state index contributed by atoms with van der Waals surface area (Å²) in [6.07, 6.45) is 1.41. The Morgan fingerprint density at radius 3 is 2.57 bits per heavy atom. The van der Waals surface area contributed by atoms with Crippen molar-refractivity contribution in [3.8, 4) is 0 Å². The predicted molar refractivity (Wildman–Crippen MR) is 114 cm³/mol. The van der Waals surface area contributed by atoms with Gasteiger partial charge in [-0.1, -0.05) is 38.1 Å². The Morgan fingerprint density at radius 2 is 1.93 bits per heavy atom. The summed E-state index contributed by atoms with van der Waals surface area (Å²) in [7, 11) is -3.44. The zero-order valence-corrected chi connectivity index (χ0v) is 17.6. The first-order chi connectivity index (χ1) is 14.0. The third-order valence-electron chi connectivity index (χ3n) is 4.59. The number of sulfonamides is 1. The van der Waals surface area contributed by atoms with Gasteiger partial charge in [0.1, 0.15) is 0 Å². The van der Waals surface area contributed by atoms with Crippen LogP contribution in [0.15, 0.2) is 53.6 Å². The van der Waals surface area contributed by atoms with E-state index in [4.69, 9.17) is 0 Å². The molecule has 30 heavy (non-hydrogen) atoms. The van der Waals surface area contributed by atoms with Gasteiger partial charge in [0.05, 0.1) is 22.9 Å². The maximum atomic E-state index is 12.8. The number of non-ortho nitro benzene ring substituents is 1. The van der Waals surface area contributed by atoms with Crippen LogP contribution in [0.3, 0.4) is 0 Å². The Balaban J connectivity index is 1.99. The average Bonchev–Trinajstić information content (AvgIpc) is 3.11. The second-order valence-corrected chi connectivity index (χ2v) is 9.16. The van der Waals surface area contributed by atoms with Crippen LogP contribution in [0.1, 0.15) is 37.4 Å². The maximum Gasteiger partial charge on any atom is 0.269 e. The third kappa shape index (κ3) is 4.82. The molecule has 1 aliphatic heterocycles. The van der Waals surface area contributed by atoms with Crippen LogP contribution in [-0.2, 0) is 14.8 Å². The Kier molecular flexibility index (Phi) is 5.88. The van der Waals surface area contributed by atoms with Crippen LogP contribution < -0.4 is 4.72 Å². The molecule has 0 unspecified atom stereocenters. The first-order valence-electron chi connectivity index (χ1n) is 9.28. The monoisotopic (exact) mass is 430 g/mol. The molecule has 1 amide bonds. The van der Waals surface area contributed by atoms with Gasteiger partial charge in [-0.2, -0.15) is 5.10 Å². The summed E-state index contributed by atoms with van der Waals surface area (Å²) in [4.78, 5) is 23.5. The molecule has 3 rings (SSSR count). The Morgan fingerprint density at radius 1 is 1.23 bits per heavy atom. The van der Waals surface area contributed by atoms with E-state index in [9.17, 15) is 23.3 Å². The van der Waals surface area contributed by atoms with Crippen LogP contribution in [-0.4, -0.2) is 36.2 Å². The van der Waals surface area contributed by atoms with Gasteiger partial charge in [-0.05, 0) is 23.3 Å². The lowest BCUT2D eigenvalue weighted by atomic mass is 9.97. The molecule has 158 valence electrons. The fraction of sp³-hybridized carbons (Fsp3) is 0.300. The molecule has 0 saturated carbocycles. The lowest BCUT2D eigenvalue weighted by Gasteiger charge is -2.23. The molecule has 2 aromatic carbocycles. The summed E-state index contributed by atoms with van der Waals surface area (Å²) in [6, 6.07) is 12.4. The van der Waals surface area contributed by atoms with Crippen molar-refractivity contribution < 1.29 is 18.1 Å². The molecule has 0 bridgehead atoms. The fourth-order valence-corrected chi connectivity index (χ4v) is 3.79. The van der Waals surface area contributed by atoms with Gasteiger partial charge >= 0.3 is 0 Å². The smallest absolute Gasteiger partial charge is 0.269 e. The standard InChI is InChI=1S/C20H22N4O5S/c1-13(2)20(25)23-19(15-7-5-9-17(11-15)24(26)27)12-18(21-23)14-6-4-8-16(10-14)22-30(3,28)29/h4-11,13,19,22H,12H2,1-3H3/t19-/m0/s1. The normalized spacial score (nSPS) is 16.5. The van der Waals surface area contributed by atoms with Crippen molar-refractivity contribution in [2.45, 2.75) is 26.3 Å². The van der Waals surface area contributed by atoms with Gasteiger partial charge in [-0.15, -0.1) is 0 Å². The number of amides is 1. The highest BCUT2D eigenvalue weighted by Crippen LogP contribution is 2.35. The van der Waals surface area contributed by atoms with E-state index in [-0.39, 0.29) is 17.5 Å². The molecule has 0 fully saturated rings. The average molecular weight is 430 g/mol. The molecule has 1 N–H and O–H groups in total. The van der Waals surface area contributed by atoms with Crippen molar-refractivity contribution in [2.75, 3.05) is 11.0 Å². The number of hydrogen-bond donors (Lipinski definition) is 1. The molecule has 2 aromatic rings. The molecule has 0 spiro atoms. The zero-order chi connectivity index (χ0) is 22.1. The quantitative estimate of drug-likeness (QED) is 0.556. The van der Waals surface area contributed by atoms with Crippen molar-refractivity contribution in [2.24, 2.45) is 11.0 Å². The van der Waals surface area contributed by atoms with Gasteiger partial charge in [-0.3, -0.25) is 19.6 Å². The first kappa shape index (κ1) is 21.4. The molecule has 9 nitrogen and oxygen atoms in total. The molecule has 1 atom stereocenters. The number of rotatable bonds is 6. The largest absolute Gasteiger partial charge is 0.284 e. The van der Waals surface area contributed by atoms with E-state index >= 15 is 0 Å². The van der Waals surface area contributed by atoms with Gasteiger partial charge in [0.25, 0.3) is 5.69 Å². The SMILES string of the molecule is CC(C)C(=O)N1N=C(c2cccc(NS(C)(=O)=O)c2)C[C@H]1c1cccc([N+](=O)[O-])c1. The minimum atomic E-state index is -3.44. The van der Waals surface area contributed by atoms with Crippen LogP contribution in [0, 0.1) is 16.0 Å². The molecule has 1 heterocycles. The molecule has 10 heteroatoms. The summed E-state index contributed by atoms with van der Waals surface area (Å²) in [5.41, 5.74) is 2.20. The van der Waals surface area contributed by atoms with E-state index in [2.05, 4.69) is 9.82 Å². The summed E-state index contributed by atoms with van der Waals surface area (Å²) in [5.74, 6) is -0.514. The number of nitro benzene ring substituents is 1. The van der Waals surface area contributed by atoms with Gasteiger partial charge in [0, 0.05) is 30.2 Å². The van der Waals surface area contributed by atoms with Crippen LogP contribution >= 0.6 is 0 Å². The van der Waals surface area contributed by atoms with Crippen LogP contribution in [0.2, 0.25) is 0 Å². The highest BCUT2D eigenvalue weighted by molar-refractivity contribution is 7.92. The molecule has 1 aliphatic rings. The Hall–Kier alpha value is -3.27. The number of hydrazone groups is 1. The van der Waals surface area contributed by atoms with E-state index in [1.807, 2.05) is 0 Å². The minimum Gasteiger partial charge on any atom is -0.284 e. The molecule has 0 radical (unpaired) electrons. The molecule has 0 aliphatic carbocycles. The van der Waals surface area contributed by atoms with E-state index in [1.165, 1.54) is 17.1 Å². The number of nitrogens with zero attached hydrogens (tertiary/aromatic N) is 3.